The van der Waals surface area contributed by atoms with Crippen molar-refractivity contribution in [1.29, 1.82) is 0 Å². The van der Waals surface area contributed by atoms with E-state index in [1.54, 1.807) is 24.3 Å². The summed E-state index contributed by atoms with van der Waals surface area (Å²) in [7, 11) is 0. The van der Waals surface area contributed by atoms with Gasteiger partial charge in [0.05, 0.1) is 11.4 Å². The van der Waals surface area contributed by atoms with Crippen molar-refractivity contribution in [2.75, 3.05) is 31.1 Å². The number of carbonyl (C=O) groups excluding carboxylic acids is 2. The van der Waals surface area contributed by atoms with Crippen molar-refractivity contribution in [1.82, 2.24) is 15.4 Å². The van der Waals surface area contributed by atoms with Gasteiger partial charge in [-0.2, -0.15) is 0 Å². The molecule has 2 aromatic carbocycles. The van der Waals surface area contributed by atoms with Crippen LogP contribution < -0.4 is 10.4 Å². The fourth-order valence-corrected chi connectivity index (χ4v) is 3.95. The lowest BCUT2D eigenvalue weighted by molar-refractivity contribution is -0.124. The molecule has 7 heteroatoms. The van der Waals surface area contributed by atoms with Crippen LogP contribution >= 0.6 is 0 Å². The van der Waals surface area contributed by atoms with Crippen LogP contribution in [0.3, 0.4) is 0 Å². The fourth-order valence-electron chi connectivity index (χ4n) is 3.95. The van der Waals surface area contributed by atoms with Gasteiger partial charge in [0.1, 0.15) is 0 Å². The summed E-state index contributed by atoms with van der Waals surface area (Å²) in [5.74, 6) is -0.743. The normalized spacial score (nSPS) is 14.5. The number of piperazine rings is 1. The van der Waals surface area contributed by atoms with E-state index in [-0.39, 0.29) is 5.78 Å². The summed E-state index contributed by atoms with van der Waals surface area (Å²) in [5.41, 5.74) is 5.73. The number of benzene rings is 2. The lowest BCUT2D eigenvalue weighted by atomic mass is 10.1. The molecule has 2 N–H and O–H groups in total. The molecule has 0 saturated carbocycles. The van der Waals surface area contributed by atoms with Gasteiger partial charge in [-0.25, -0.2) is 10.5 Å². The quantitative estimate of drug-likeness (QED) is 0.226. The average Bonchev–Trinajstić information content (AvgIpc) is 2.92. The Balaban J connectivity index is 1.31. The van der Waals surface area contributed by atoms with E-state index in [0.29, 0.717) is 17.0 Å². The van der Waals surface area contributed by atoms with Gasteiger partial charge in [0.15, 0.2) is 5.78 Å². The molecule has 1 fully saturated rings. The third kappa shape index (κ3) is 6.96. The van der Waals surface area contributed by atoms with E-state index in [4.69, 9.17) is 5.21 Å². The molecule has 3 aromatic rings. The second kappa shape index (κ2) is 11.9. The number of carbonyl (C=O) groups is 2. The number of allylic oxidation sites excluding steroid dienone is 1. The van der Waals surface area contributed by atoms with Crippen molar-refractivity contribution in [2.45, 2.75) is 6.54 Å². The van der Waals surface area contributed by atoms with Crippen LogP contribution in [0, 0.1) is 0 Å². The third-order valence-electron chi connectivity index (χ3n) is 5.85. The minimum atomic E-state index is -0.638. The zero-order valence-electron chi connectivity index (χ0n) is 19.4. The van der Waals surface area contributed by atoms with Gasteiger partial charge < -0.3 is 4.90 Å². The summed E-state index contributed by atoms with van der Waals surface area (Å²) < 4.78 is 0. The predicted octanol–water partition coefficient (Wildman–Crippen LogP) is 3.82. The largest absolute Gasteiger partial charge is 0.369 e. The third-order valence-corrected chi connectivity index (χ3v) is 5.85. The molecule has 0 spiro atoms. The zero-order valence-corrected chi connectivity index (χ0v) is 19.4. The van der Waals surface area contributed by atoms with Gasteiger partial charge in [-0.1, -0.05) is 36.4 Å². The SMILES string of the molecule is O=C(/C=C/c1cccc(/C=C/C(=O)c2ccc(N3CCN(Cc4ccccc4)CC3)cc2)n1)NO. The number of hydrogen-bond donors (Lipinski definition) is 2. The standard InChI is InChI=1S/C28H28N4O3/c33-27(15-11-24-7-4-8-25(29-24)12-16-28(34)30-35)23-9-13-26(14-10-23)32-19-17-31(18-20-32)21-22-5-2-1-3-6-22/h1-16,35H,17-21H2,(H,30,34)/b15-11+,16-12+. The van der Waals surface area contributed by atoms with E-state index in [9.17, 15) is 9.59 Å². The Morgan fingerprint density at radius 1 is 0.829 bits per heavy atom. The number of nitrogens with zero attached hydrogens (tertiary/aromatic N) is 3. The van der Waals surface area contributed by atoms with E-state index in [1.165, 1.54) is 29.3 Å². The molecule has 1 aliphatic rings. The summed E-state index contributed by atoms with van der Waals surface area (Å²) in [6.07, 6.45) is 5.79. The molecule has 0 radical (unpaired) electrons. The van der Waals surface area contributed by atoms with Crippen LogP contribution in [0.4, 0.5) is 5.69 Å². The van der Waals surface area contributed by atoms with Gasteiger partial charge in [-0.05, 0) is 60.2 Å². The Morgan fingerprint density at radius 3 is 2.14 bits per heavy atom. The monoisotopic (exact) mass is 468 g/mol. The van der Waals surface area contributed by atoms with Crippen LogP contribution in [0.5, 0.6) is 0 Å². The average molecular weight is 469 g/mol. The van der Waals surface area contributed by atoms with Gasteiger partial charge in [-0.15, -0.1) is 0 Å². The van der Waals surface area contributed by atoms with Crippen LogP contribution in [0.2, 0.25) is 0 Å². The van der Waals surface area contributed by atoms with Gasteiger partial charge in [0.25, 0.3) is 5.91 Å². The fraction of sp³-hybridized carbons (Fsp3) is 0.179. The summed E-state index contributed by atoms with van der Waals surface area (Å²) in [6.45, 7) is 4.89. The molecule has 0 bridgehead atoms. The molecule has 1 aliphatic heterocycles. The first-order valence-corrected chi connectivity index (χ1v) is 11.5. The Kier molecular flexibility index (Phi) is 8.17. The van der Waals surface area contributed by atoms with E-state index >= 15 is 0 Å². The summed E-state index contributed by atoms with van der Waals surface area (Å²) in [5, 5.41) is 8.55. The smallest absolute Gasteiger partial charge is 0.267 e. The minimum Gasteiger partial charge on any atom is -0.369 e. The molecular weight excluding hydrogens is 440 g/mol. The second-order valence-corrected chi connectivity index (χ2v) is 8.29. The van der Waals surface area contributed by atoms with Gasteiger partial charge in [-0.3, -0.25) is 19.7 Å². The minimum absolute atomic E-state index is 0.105. The van der Waals surface area contributed by atoms with Gasteiger partial charge in [0, 0.05) is 50.1 Å². The van der Waals surface area contributed by atoms with E-state index in [0.717, 1.165) is 38.4 Å². The molecule has 0 unspecified atom stereocenters. The number of aromatic nitrogens is 1. The molecule has 1 amide bonds. The molecule has 1 saturated heterocycles. The lowest BCUT2D eigenvalue weighted by Crippen LogP contribution is -2.45. The van der Waals surface area contributed by atoms with Crippen molar-refractivity contribution in [3.63, 3.8) is 0 Å². The van der Waals surface area contributed by atoms with Gasteiger partial charge >= 0.3 is 0 Å². The molecule has 178 valence electrons. The first kappa shape index (κ1) is 24.1. The molecular formula is C28H28N4O3. The molecule has 35 heavy (non-hydrogen) atoms. The Morgan fingerprint density at radius 2 is 1.49 bits per heavy atom. The Hall–Kier alpha value is -4.07. The first-order chi connectivity index (χ1) is 17.1. The van der Waals surface area contributed by atoms with E-state index in [1.807, 2.05) is 30.3 Å². The van der Waals surface area contributed by atoms with Crippen LogP contribution in [0.25, 0.3) is 12.2 Å². The molecule has 4 rings (SSSR count). The Labute approximate surface area is 205 Å². The van der Waals surface area contributed by atoms with Crippen molar-refractivity contribution in [3.8, 4) is 0 Å². The molecule has 0 atom stereocenters. The van der Waals surface area contributed by atoms with Crippen molar-refractivity contribution < 1.29 is 14.8 Å². The highest BCUT2D eigenvalue weighted by Gasteiger charge is 2.17. The van der Waals surface area contributed by atoms with Gasteiger partial charge in [0.2, 0.25) is 0 Å². The van der Waals surface area contributed by atoms with Crippen LogP contribution in [-0.2, 0) is 11.3 Å². The van der Waals surface area contributed by atoms with Crippen LogP contribution in [0.1, 0.15) is 27.3 Å². The number of pyridine rings is 1. The Bertz CT molecular complexity index is 1200. The number of ketones is 1. The first-order valence-electron chi connectivity index (χ1n) is 11.5. The highest BCUT2D eigenvalue weighted by molar-refractivity contribution is 6.06. The lowest BCUT2D eigenvalue weighted by Gasteiger charge is -2.36. The number of hydroxylamine groups is 1. The number of anilines is 1. The van der Waals surface area contributed by atoms with Crippen LogP contribution in [-0.4, -0.2) is 53.0 Å². The number of hydrogen-bond acceptors (Lipinski definition) is 6. The highest BCUT2D eigenvalue weighted by Crippen LogP contribution is 2.19. The maximum Gasteiger partial charge on any atom is 0.267 e. The molecule has 1 aromatic heterocycles. The molecule has 7 nitrogen and oxygen atoms in total. The summed E-state index contributed by atoms with van der Waals surface area (Å²) >= 11 is 0. The maximum absolute atomic E-state index is 12.6. The number of rotatable bonds is 8. The summed E-state index contributed by atoms with van der Waals surface area (Å²) in [6, 6.07) is 23.5. The highest BCUT2D eigenvalue weighted by atomic mass is 16.5. The maximum atomic E-state index is 12.6. The number of nitrogens with one attached hydrogen (secondary N) is 1. The topological polar surface area (TPSA) is 85.8 Å². The second-order valence-electron chi connectivity index (χ2n) is 8.29. The number of amides is 1. The zero-order chi connectivity index (χ0) is 24.5. The van der Waals surface area contributed by atoms with Crippen molar-refractivity contribution in [3.05, 3.63) is 107 Å². The van der Waals surface area contributed by atoms with Crippen molar-refractivity contribution >= 4 is 29.5 Å². The van der Waals surface area contributed by atoms with Crippen LogP contribution in [0.15, 0.2) is 84.9 Å². The summed E-state index contributed by atoms with van der Waals surface area (Å²) in [4.78, 5) is 32.9. The predicted molar refractivity (Wildman–Crippen MR) is 137 cm³/mol. The van der Waals surface area contributed by atoms with E-state index < -0.39 is 5.91 Å². The van der Waals surface area contributed by atoms with E-state index in [2.05, 4.69) is 39.0 Å². The molecule has 2 heterocycles. The molecule has 0 aliphatic carbocycles. The van der Waals surface area contributed by atoms with Crippen molar-refractivity contribution in [2.24, 2.45) is 0 Å².